The van der Waals surface area contributed by atoms with E-state index in [0.717, 1.165) is 12.0 Å². The molecule has 0 aromatic carbocycles. The summed E-state index contributed by atoms with van der Waals surface area (Å²) in [6.07, 6.45) is 6.84. The molecule has 3 aliphatic rings. The largest absolute Gasteiger partial charge is 0.475 e. The molecule has 9 nitrogen and oxygen atoms in total. The van der Waals surface area contributed by atoms with Crippen LogP contribution in [0.3, 0.4) is 0 Å². The highest BCUT2D eigenvalue weighted by molar-refractivity contribution is 14.0. The number of aliphatic imine (C=N–C) groups is 1. The number of guanidine groups is 1. The number of carbonyl (C=O) groups is 2. The average Bonchev–Trinajstić information content (AvgIpc) is 3.46. The van der Waals surface area contributed by atoms with Crippen LogP contribution in [-0.4, -0.2) is 68.1 Å². The van der Waals surface area contributed by atoms with Crippen molar-refractivity contribution in [3.63, 3.8) is 0 Å². The van der Waals surface area contributed by atoms with Gasteiger partial charge in [-0.3, -0.25) is 19.5 Å². The van der Waals surface area contributed by atoms with Gasteiger partial charge in [-0.1, -0.05) is 18.2 Å². The zero-order valence-corrected chi connectivity index (χ0v) is 20.7. The number of aromatic nitrogens is 1. The Morgan fingerprint density at radius 3 is 2.56 bits per heavy atom. The lowest BCUT2D eigenvalue weighted by Gasteiger charge is -2.19. The summed E-state index contributed by atoms with van der Waals surface area (Å²) >= 11 is 0. The van der Waals surface area contributed by atoms with E-state index in [1.165, 1.54) is 4.90 Å². The molecule has 32 heavy (non-hydrogen) atoms. The SMILES string of the molecule is CN=C(NCCN1C(=O)C2C3C=CC(C3)C2C1=O)NCc1cccnc1OCCOC.I. The summed E-state index contributed by atoms with van der Waals surface area (Å²) in [7, 11) is 3.30. The zero-order valence-electron chi connectivity index (χ0n) is 18.3. The lowest BCUT2D eigenvalue weighted by molar-refractivity contribution is -0.140. The fourth-order valence-electron chi connectivity index (χ4n) is 4.78. The number of rotatable bonds is 9. The number of hydrogen-bond acceptors (Lipinski definition) is 6. The number of nitrogens with zero attached hydrogens (tertiary/aromatic N) is 3. The molecule has 174 valence electrons. The number of carbonyl (C=O) groups excluding carboxylic acids is 2. The molecule has 1 aliphatic heterocycles. The summed E-state index contributed by atoms with van der Waals surface area (Å²) in [5.74, 6) is 1.24. The van der Waals surface area contributed by atoms with E-state index in [9.17, 15) is 9.59 Å². The highest BCUT2D eigenvalue weighted by Crippen LogP contribution is 2.52. The Balaban J connectivity index is 0.00000289. The van der Waals surface area contributed by atoms with E-state index < -0.39 is 0 Å². The van der Waals surface area contributed by atoms with Crippen molar-refractivity contribution in [2.75, 3.05) is 40.5 Å². The van der Waals surface area contributed by atoms with Crippen molar-refractivity contribution in [3.05, 3.63) is 36.0 Å². The van der Waals surface area contributed by atoms with Crippen LogP contribution in [0.4, 0.5) is 0 Å². The first kappa shape index (κ1) is 24.4. The van der Waals surface area contributed by atoms with Crippen molar-refractivity contribution >= 4 is 41.8 Å². The molecule has 2 fully saturated rings. The Morgan fingerprint density at radius 1 is 1.19 bits per heavy atom. The van der Waals surface area contributed by atoms with Crippen LogP contribution >= 0.6 is 24.0 Å². The molecule has 1 saturated heterocycles. The number of pyridine rings is 1. The smallest absolute Gasteiger partial charge is 0.233 e. The number of methoxy groups -OCH3 is 1. The number of hydrogen-bond donors (Lipinski definition) is 2. The van der Waals surface area contributed by atoms with Gasteiger partial charge >= 0.3 is 0 Å². The zero-order chi connectivity index (χ0) is 21.8. The van der Waals surface area contributed by atoms with Gasteiger partial charge in [-0.2, -0.15) is 0 Å². The van der Waals surface area contributed by atoms with Crippen molar-refractivity contribution in [1.29, 1.82) is 0 Å². The van der Waals surface area contributed by atoms with Crippen LogP contribution in [0, 0.1) is 23.7 Å². The van der Waals surface area contributed by atoms with Crippen LogP contribution in [0.15, 0.2) is 35.5 Å². The van der Waals surface area contributed by atoms with Gasteiger partial charge in [-0.25, -0.2) is 4.98 Å². The Morgan fingerprint density at radius 2 is 1.91 bits per heavy atom. The Labute approximate surface area is 205 Å². The van der Waals surface area contributed by atoms with E-state index in [4.69, 9.17) is 9.47 Å². The molecule has 0 radical (unpaired) electrons. The summed E-state index contributed by atoms with van der Waals surface area (Å²) in [4.78, 5) is 35.4. The molecule has 4 unspecified atom stereocenters. The van der Waals surface area contributed by atoms with Crippen LogP contribution in [0.25, 0.3) is 0 Å². The van der Waals surface area contributed by atoms with E-state index in [1.54, 1.807) is 20.4 Å². The summed E-state index contributed by atoms with van der Waals surface area (Å²) in [5, 5.41) is 6.40. The van der Waals surface area contributed by atoms with E-state index in [1.807, 2.05) is 12.1 Å². The van der Waals surface area contributed by atoms with Gasteiger partial charge in [0.05, 0.1) is 18.4 Å². The molecule has 1 aromatic heterocycles. The van der Waals surface area contributed by atoms with Crippen molar-refractivity contribution in [2.24, 2.45) is 28.7 Å². The fourth-order valence-corrected chi connectivity index (χ4v) is 4.78. The van der Waals surface area contributed by atoms with E-state index >= 15 is 0 Å². The minimum absolute atomic E-state index is 0. The second kappa shape index (κ2) is 11.1. The molecule has 2 N–H and O–H groups in total. The minimum atomic E-state index is -0.151. The number of imide groups is 1. The quantitative estimate of drug-likeness (QED) is 0.118. The van der Waals surface area contributed by atoms with Crippen LogP contribution in [0.5, 0.6) is 5.88 Å². The van der Waals surface area contributed by atoms with Crippen LogP contribution in [0.2, 0.25) is 0 Å². The number of ether oxygens (including phenoxy) is 2. The van der Waals surface area contributed by atoms with Gasteiger partial charge in [0.15, 0.2) is 5.96 Å². The first-order chi connectivity index (χ1) is 15.1. The molecule has 2 heterocycles. The van der Waals surface area contributed by atoms with Crippen molar-refractivity contribution in [2.45, 2.75) is 13.0 Å². The third-order valence-electron chi connectivity index (χ3n) is 6.24. The molecular weight excluding hydrogens is 525 g/mol. The second-order valence-corrected chi connectivity index (χ2v) is 7.99. The van der Waals surface area contributed by atoms with Crippen LogP contribution in [-0.2, 0) is 20.9 Å². The molecule has 2 bridgehead atoms. The minimum Gasteiger partial charge on any atom is -0.475 e. The van der Waals surface area contributed by atoms with Gasteiger partial charge in [0.25, 0.3) is 0 Å². The first-order valence-corrected chi connectivity index (χ1v) is 10.7. The highest BCUT2D eigenvalue weighted by Gasteiger charge is 2.58. The van der Waals surface area contributed by atoms with E-state index in [0.29, 0.717) is 44.7 Å². The molecule has 1 aromatic rings. The molecular formula is C22H30IN5O4. The van der Waals surface area contributed by atoms with E-state index in [-0.39, 0.29) is 59.5 Å². The van der Waals surface area contributed by atoms with Gasteiger partial charge in [0.2, 0.25) is 17.7 Å². The number of allylic oxidation sites excluding steroid dienone is 2. The first-order valence-electron chi connectivity index (χ1n) is 10.7. The summed E-state index contributed by atoms with van der Waals surface area (Å²) in [6.45, 7) is 2.15. The standard InChI is InChI=1S/C22H29N5O4.HI/c1-23-22(26-13-16-4-3-7-24-19(16)31-11-10-30-2)25-8-9-27-20(28)17-14-5-6-15(12-14)18(17)21(27)29;/h3-7,14-15,17-18H,8-13H2,1-2H3,(H2,23,25,26);1H. The van der Waals surface area contributed by atoms with Crippen LogP contribution < -0.4 is 15.4 Å². The fraction of sp³-hybridized carbons (Fsp3) is 0.545. The summed E-state index contributed by atoms with van der Waals surface area (Å²) in [6, 6.07) is 3.78. The second-order valence-electron chi connectivity index (χ2n) is 7.99. The third-order valence-corrected chi connectivity index (χ3v) is 6.24. The lowest BCUT2D eigenvalue weighted by atomic mass is 9.85. The van der Waals surface area contributed by atoms with Gasteiger partial charge in [-0.05, 0) is 24.3 Å². The third kappa shape index (κ3) is 4.90. The van der Waals surface area contributed by atoms with Crippen molar-refractivity contribution < 1.29 is 19.1 Å². The van der Waals surface area contributed by atoms with Crippen molar-refractivity contribution in [1.82, 2.24) is 20.5 Å². The number of fused-ring (bicyclic) bond motifs is 5. The van der Waals surface area contributed by atoms with Gasteiger partial charge in [0, 0.05) is 45.6 Å². The maximum Gasteiger partial charge on any atom is 0.233 e. The van der Waals surface area contributed by atoms with Gasteiger partial charge in [0.1, 0.15) is 6.61 Å². The normalized spacial score (nSPS) is 25.7. The lowest BCUT2D eigenvalue weighted by Crippen LogP contribution is -2.43. The molecule has 4 atom stereocenters. The number of halogens is 1. The average molecular weight is 555 g/mol. The van der Waals surface area contributed by atoms with Crippen LogP contribution in [0.1, 0.15) is 12.0 Å². The molecule has 4 rings (SSSR count). The number of amides is 2. The Kier molecular flexibility index (Phi) is 8.46. The predicted octanol–water partition coefficient (Wildman–Crippen LogP) is 1.20. The molecule has 2 amide bonds. The molecule has 0 spiro atoms. The number of nitrogens with one attached hydrogen (secondary N) is 2. The van der Waals surface area contributed by atoms with Gasteiger partial charge < -0.3 is 20.1 Å². The number of likely N-dealkylation sites (tertiary alicyclic amines) is 1. The molecule has 2 aliphatic carbocycles. The topological polar surface area (TPSA) is 105 Å². The molecule has 1 saturated carbocycles. The highest BCUT2D eigenvalue weighted by atomic mass is 127. The maximum absolute atomic E-state index is 12.8. The maximum atomic E-state index is 12.8. The molecule has 10 heteroatoms. The monoisotopic (exact) mass is 555 g/mol. The van der Waals surface area contributed by atoms with Gasteiger partial charge in [-0.15, -0.1) is 24.0 Å². The Hall–Kier alpha value is -2.21. The summed E-state index contributed by atoms with van der Waals surface area (Å²) < 4.78 is 10.7. The predicted molar refractivity (Wildman–Crippen MR) is 130 cm³/mol. The van der Waals surface area contributed by atoms with E-state index in [2.05, 4.69) is 32.8 Å². The Bertz CT molecular complexity index is 863. The van der Waals surface area contributed by atoms with Crippen molar-refractivity contribution in [3.8, 4) is 5.88 Å². The summed E-state index contributed by atoms with van der Waals surface area (Å²) in [5.41, 5.74) is 0.891.